The quantitative estimate of drug-likeness (QED) is 0.731. The fourth-order valence-electron chi connectivity index (χ4n) is 3.29. The minimum absolute atomic E-state index is 0.00743. The number of hydrogen-bond acceptors (Lipinski definition) is 4. The molecule has 0 radical (unpaired) electrons. The van der Waals surface area contributed by atoms with E-state index in [2.05, 4.69) is 10.0 Å². The predicted octanol–water partition coefficient (Wildman–Crippen LogP) is 3.20. The van der Waals surface area contributed by atoms with Crippen LogP contribution in [0.15, 0.2) is 36.4 Å². The summed E-state index contributed by atoms with van der Waals surface area (Å²) in [4.78, 5) is 26.3. The molecule has 30 heavy (non-hydrogen) atoms. The summed E-state index contributed by atoms with van der Waals surface area (Å²) in [5.74, 6) is -1.81. The second-order valence-corrected chi connectivity index (χ2v) is 9.40. The Bertz CT molecular complexity index is 1100. The number of rotatable bonds is 6. The van der Waals surface area contributed by atoms with Crippen LogP contribution in [0, 0.1) is 25.6 Å². The summed E-state index contributed by atoms with van der Waals surface area (Å²) in [5.41, 5.74) is 2.49. The first-order chi connectivity index (χ1) is 14.1. The monoisotopic (exact) mass is 433 g/mol. The van der Waals surface area contributed by atoms with E-state index >= 15 is 0 Å². The molecule has 1 aliphatic rings. The molecule has 160 valence electrons. The molecule has 9 heteroatoms. The maximum absolute atomic E-state index is 14.2. The van der Waals surface area contributed by atoms with E-state index in [0.717, 1.165) is 5.56 Å². The Balaban J connectivity index is 1.69. The molecular weight excluding hydrogens is 409 g/mol. The summed E-state index contributed by atoms with van der Waals surface area (Å²) < 4.78 is 40.2. The van der Waals surface area contributed by atoms with Gasteiger partial charge in [-0.2, -0.15) is 0 Å². The third-order valence-corrected chi connectivity index (χ3v) is 6.32. The molecule has 2 aromatic rings. The van der Waals surface area contributed by atoms with Gasteiger partial charge in [0, 0.05) is 18.7 Å². The summed E-state index contributed by atoms with van der Waals surface area (Å²) in [6.45, 7) is 5.12. The molecule has 0 aliphatic carbocycles. The van der Waals surface area contributed by atoms with Crippen LogP contribution in [0.3, 0.4) is 0 Å². The van der Waals surface area contributed by atoms with Crippen LogP contribution in [0.25, 0.3) is 0 Å². The normalized spacial score (nSPS) is 16.6. The number of carbonyl (C=O) groups excluding carboxylic acids is 2. The van der Waals surface area contributed by atoms with Gasteiger partial charge >= 0.3 is 0 Å². The van der Waals surface area contributed by atoms with E-state index in [-0.39, 0.29) is 36.2 Å². The molecule has 1 heterocycles. The summed E-state index contributed by atoms with van der Waals surface area (Å²) in [7, 11) is -3.40. The minimum atomic E-state index is -3.40. The van der Waals surface area contributed by atoms with Crippen molar-refractivity contribution in [2.45, 2.75) is 27.2 Å². The third kappa shape index (κ3) is 4.79. The molecule has 7 nitrogen and oxygen atoms in total. The first-order valence-corrected chi connectivity index (χ1v) is 11.2. The average molecular weight is 434 g/mol. The van der Waals surface area contributed by atoms with E-state index in [0.29, 0.717) is 16.9 Å². The third-order valence-electron chi connectivity index (χ3n) is 5.03. The van der Waals surface area contributed by atoms with Crippen LogP contribution in [0.2, 0.25) is 0 Å². The molecule has 1 aliphatic heterocycles. The van der Waals surface area contributed by atoms with Crippen LogP contribution >= 0.6 is 0 Å². The highest BCUT2D eigenvalue weighted by molar-refractivity contribution is 7.92. The van der Waals surface area contributed by atoms with Crippen molar-refractivity contribution in [2.75, 3.05) is 27.2 Å². The molecule has 0 saturated carbocycles. The lowest BCUT2D eigenvalue weighted by molar-refractivity contribution is -0.122. The maximum Gasteiger partial charge on any atom is 0.232 e. The Morgan fingerprint density at radius 2 is 1.93 bits per heavy atom. The van der Waals surface area contributed by atoms with Crippen LogP contribution in [-0.4, -0.2) is 32.5 Å². The Labute approximate surface area is 175 Å². The number of anilines is 3. The van der Waals surface area contributed by atoms with E-state index in [1.807, 2.05) is 0 Å². The predicted molar refractivity (Wildman–Crippen MR) is 114 cm³/mol. The van der Waals surface area contributed by atoms with Crippen LogP contribution in [0.5, 0.6) is 0 Å². The Morgan fingerprint density at radius 1 is 1.20 bits per heavy atom. The first kappa shape index (κ1) is 21.8. The fraction of sp³-hybridized carbons (Fsp3) is 0.333. The lowest BCUT2D eigenvalue weighted by Crippen LogP contribution is -2.28. The van der Waals surface area contributed by atoms with Crippen LogP contribution in [0.1, 0.15) is 24.5 Å². The van der Waals surface area contributed by atoms with Gasteiger partial charge in [0.15, 0.2) is 0 Å². The number of amides is 2. The van der Waals surface area contributed by atoms with E-state index in [4.69, 9.17) is 0 Å². The summed E-state index contributed by atoms with van der Waals surface area (Å²) in [5, 5.41) is 2.76. The highest BCUT2D eigenvalue weighted by Gasteiger charge is 2.36. The van der Waals surface area contributed by atoms with Gasteiger partial charge in [-0.15, -0.1) is 0 Å². The number of nitrogens with zero attached hydrogens (tertiary/aromatic N) is 1. The number of aryl methyl sites for hydroxylation is 2. The number of nitrogens with one attached hydrogen (secondary N) is 2. The molecule has 1 unspecified atom stereocenters. The highest BCUT2D eigenvalue weighted by atomic mass is 32.2. The highest BCUT2D eigenvalue weighted by Crippen LogP contribution is 2.29. The van der Waals surface area contributed by atoms with Crippen molar-refractivity contribution in [1.82, 2.24) is 0 Å². The zero-order valence-corrected chi connectivity index (χ0v) is 17.8. The zero-order chi connectivity index (χ0) is 22.1. The molecule has 2 N–H and O–H groups in total. The molecule has 0 aromatic heterocycles. The molecule has 1 saturated heterocycles. The average Bonchev–Trinajstić information content (AvgIpc) is 3.05. The van der Waals surface area contributed by atoms with E-state index in [1.54, 1.807) is 51.1 Å². The van der Waals surface area contributed by atoms with E-state index in [1.165, 1.54) is 11.0 Å². The van der Waals surface area contributed by atoms with Gasteiger partial charge in [0.1, 0.15) is 5.82 Å². The minimum Gasteiger partial charge on any atom is -0.326 e. The van der Waals surface area contributed by atoms with Crippen molar-refractivity contribution in [2.24, 2.45) is 5.92 Å². The smallest absolute Gasteiger partial charge is 0.232 e. The standard InChI is InChI=1S/C21H24FN3O4S/c1-4-30(28,29)24-18-7-6-16(10-14(18)3)23-21(27)15-11-20(26)25(12-15)19-8-5-13(2)9-17(19)22/h5-10,15,24H,4,11-12H2,1-3H3,(H,23,27). The fourth-order valence-corrected chi connectivity index (χ4v) is 4.00. The van der Waals surface area contributed by atoms with Crippen LogP contribution in [0.4, 0.5) is 21.5 Å². The number of hydrogen-bond donors (Lipinski definition) is 2. The molecule has 3 rings (SSSR count). The number of benzene rings is 2. The van der Waals surface area contributed by atoms with E-state index < -0.39 is 21.8 Å². The maximum atomic E-state index is 14.2. The van der Waals surface area contributed by atoms with Gasteiger partial charge in [-0.25, -0.2) is 12.8 Å². The summed E-state index contributed by atoms with van der Waals surface area (Å²) >= 11 is 0. The molecule has 1 atom stereocenters. The second kappa shape index (κ2) is 8.43. The number of sulfonamides is 1. The lowest BCUT2D eigenvalue weighted by Gasteiger charge is -2.18. The lowest BCUT2D eigenvalue weighted by atomic mass is 10.1. The SMILES string of the molecule is CCS(=O)(=O)Nc1ccc(NC(=O)C2CC(=O)N(c3ccc(C)cc3F)C2)cc1C. The van der Waals surface area contributed by atoms with Gasteiger partial charge in [-0.05, 0) is 62.2 Å². The first-order valence-electron chi connectivity index (χ1n) is 9.58. The van der Waals surface area contributed by atoms with Crippen molar-refractivity contribution in [1.29, 1.82) is 0 Å². The summed E-state index contributed by atoms with van der Waals surface area (Å²) in [6.07, 6.45) is -0.00743. The van der Waals surface area contributed by atoms with Crippen molar-refractivity contribution in [3.63, 3.8) is 0 Å². The van der Waals surface area contributed by atoms with Gasteiger partial charge < -0.3 is 10.2 Å². The van der Waals surface area contributed by atoms with Crippen molar-refractivity contribution in [3.8, 4) is 0 Å². The Kier molecular flexibility index (Phi) is 6.12. The molecule has 2 amide bonds. The van der Waals surface area contributed by atoms with Crippen molar-refractivity contribution < 1.29 is 22.4 Å². The van der Waals surface area contributed by atoms with Crippen LogP contribution < -0.4 is 14.9 Å². The Morgan fingerprint density at radius 3 is 2.57 bits per heavy atom. The number of halogens is 1. The molecule has 0 spiro atoms. The van der Waals surface area contributed by atoms with Gasteiger partial charge in [0.25, 0.3) is 0 Å². The van der Waals surface area contributed by atoms with E-state index in [9.17, 15) is 22.4 Å². The van der Waals surface area contributed by atoms with Crippen LogP contribution in [-0.2, 0) is 19.6 Å². The zero-order valence-electron chi connectivity index (χ0n) is 17.0. The van der Waals surface area contributed by atoms with Gasteiger partial charge in [0.05, 0.1) is 23.0 Å². The molecule has 2 aromatic carbocycles. The van der Waals surface area contributed by atoms with Crippen molar-refractivity contribution >= 4 is 38.9 Å². The molecule has 0 bridgehead atoms. The Hall–Kier alpha value is -2.94. The topological polar surface area (TPSA) is 95.6 Å². The number of carbonyl (C=O) groups is 2. The van der Waals surface area contributed by atoms with Gasteiger partial charge in [0.2, 0.25) is 21.8 Å². The molecular formula is C21H24FN3O4S. The van der Waals surface area contributed by atoms with Gasteiger partial charge in [-0.3, -0.25) is 14.3 Å². The molecule has 1 fully saturated rings. The largest absolute Gasteiger partial charge is 0.326 e. The van der Waals surface area contributed by atoms with Gasteiger partial charge in [-0.1, -0.05) is 6.07 Å². The van der Waals surface area contributed by atoms with Crippen molar-refractivity contribution in [3.05, 3.63) is 53.3 Å². The summed E-state index contributed by atoms with van der Waals surface area (Å²) in [6, 6.07) is 9.43. The second-order valence-electron chi connectivity index (χ2n) is 7.38.